The maximum Gasteiger partial charge on any atom is 0.191 e. The maximum atomic E-state index is 5.76. The van der Waals surface area contributed by atoms with Gasteiger partial charge in [-0.2, -0.15) is 5.10 Å². The van der Waals surface area contributed by atoms with E-state index in [4.69, 9.17) is 10.5 Å². The Morgan fingerprint density at radius 2 is 2.31 bits per heavy atom. The molecule has 0 saturated heterocycles. The SMILES string of the molecule is NCc1nc(C2Cc3ccccc3O2)n[nH]1. The van der Waals surface area contributed by atoms with Gasteiger partial charge in [-0.05, 0) is 11.6 Å². The minimum atomic E-state index is -0.0889. The molecule has 0 radical (unpaired) electrons. The third-order valence-corrected chi connectivity index (χ3v) is 2.68. The van der Waals surface area contributed by atoms with Crippen molar-refractivity contribution in [2.24, 2.45) is 5.73 Å². The second-order valence-corrected chi connectivity index (χ2v) is 3.76. The minimum Gasteiger partial charge on any atom is -0.482 e. The highest BCUT2D eigenvalue weighted by atomic mass is 16.5. The Hall–Kier alpha value is -1.88. The van der Waals surface area contributed by atoms with Crippen molar-refractivity contribution in [2.45, 2.75) is 19.1 Å². The number of nitrogens with two attached hydrogens (primary N) is 1. The van der Waals surface area contributed by atoms with E-state index < -0.39 is 0 Å². The molecule has 0 aliphatic carbocycles. The van der Waals surface area contributed by atoms with Crippen LogP contribution in [0.2, 0.25) is 0 Å². The van der Waals surface area contributed by atoms with E-state index >= 15 is 0 Å². The lowest BCUT2D eigenvalue weighted by Crippen LogP contribution is -2.06. The van der Waals surface area contributed by atoms with Crippen LogP contribution < -0.4 is 10.5 Å². The van der Waals surface area contributed by atoms with Crippen molar-refractivity contribution in [1.82, 2.24) is 15.2 Å². The third kappa shape index (κ3) is 1.45. The Bertz CT molecular complexity index is 483. The fraction of sp³-hybridized carbons (Fsp3) is 0.273. The Kier molecular flexibility index (Phi) is 2.11. The summed E-state index contributed by atoms with van der Waals surface area (Å²) < 4.78 is 5.76. The third-order valence-electron chi connectivity index (χ3n) is 2.68. The molecule has 3 N–H and O–H groups in total. The molecular weight excluding hydrogens is 204 g/mol. The summed E-state index contributed by atoms with van der Waals surface area (Å²) in [5.74, 6) is 2.29. The minimum absolute atomic E-state index is 0.0889. The summed E-state index contributed by atoms with van der Waals surface area (Å²) in [5.41, 5.74) is 6.67. The zero-order valence-corrected chi connectivity index (χ0v) is 8.68. The predicted octanol–water partition coefficient (Wildman–Crippen LogP) is 0.940. The average molecular weight is 216 g/mol. The second-order valence-electron chi connectivity index (χ2n) is 3.76. The van der Waals surface area contributed by atoms with Crippen LogP contribution >= 0.6 is 0 Å². The van der Waals surface area contributed by atoms with Gasteiger partial charge < -0.3 is 10.5 Å². The molecule has 82 valence electrons. The highest BCUT2D eigenvalue weighted by molar-refractivity contribution is 5.37. The lowest BCUT2D eigenvalue weighted by atomic mass is 10.1. The molecule has 1 aromatic heterocycles. The lowest BCUT2D eigenvalue weighted by Gasteiger charge is -2.04. The summed E-state index contributed by atoms with van der Waals surface area (Å²) in [7, 11) is 0. The summed E-state index contributed by atoms with van der Waals surface area (Å²) in [6.45, 7) is 0.368. The maximum absolute atomic E-state index is 5.76. The van der Waals surface area contributed by atoms with E-state index in [-0.39, 0.29) is 6.10 Å². The fourth-order valence-electron chi connectivity index (χ4n) is 1.87. The number of rotatable bonds is 2. The van der Waals surface area contributed by atoms with Crippen LogP contribution in [0.4, 0.5) is 0 Å². The summed E-state index contributed by atoms with van der Waals surface area (Å²) in [5, 5.41) is 6.90. The van der Waals surface area contributed by atoms with Crippen molar-refractivity contribution in [3.05, 3.63) is 41.5 Å². The molecule has 0 amide bonds. The molecule has 2 heterocycles. The number of aromatic amines is 1. The molecule has 0 spiro atoms. The summed E-state index contributed by atoms with van der Waals surface area (Å²) in [6.07, 6.45) is 0.729. The van der Waals surface area contributed by atoms with E-state index in [0.29, 0.717) is 18.2 Å². The van der Waals surface area contributed by atoms with Gasteiger partial charge in [0.1, 0.15) is 11.6 Å². The predicted molar refractivity (Wildman–Crippen MR) is 57.8 cm³/mol. The Labute approximate surface area is 92.6 Å². The molecule has 1 aliphatic rings. The quantitative estimate of drug-likeness (QED) is 0.783. The Morgan fingerprint density at radius 1 is 1.44 bits per heavy atom. The van der Waals surface area contributed by atoms with Gasteiger partial charge in [-0.25, -0.2) is 4.98 Å². The molecule has 0 saturated carbocycles. The average Bonchev–Trinajstić information content (AvgIpc) is 2.95. The van der Waals surface area contributed by atoms with Gasteiger partial charge in [-0.1, -0.05) is 18.2 Å². The van der Waals surface area contributed by atoms with E-state index in [9.17, 15) is 0 Å². The molecule has 1 unspecified atom stereocenters. The van der Waals surface area contributed by atoms with Crippen LogP contribution in [-0.4, -0.2) is 15.2 Å². The first-order valence-corrected chi connectivity index (χ1v) is 5.22. The molecule has 5 heteroatoms. The van der Waals surface area contributed by atoms with Crippen molar-refractivity contribution in [2.75, 3.05) is 0 Å². The first-order valence-electron chi connectivity index (χ1n) is 5.22. The number of nitrogens with zero attached hydrogens (tertiary/aromatic N) is 2. The topological polar surface area (TPSA) is 76.8 Å². The van der Waals surface area contributed by atoms with Crippen LogP contribution in [0.3, 0.4) is 0 Å². The van der Waals surface area contributed by atoms with Gasteiger partial charge >= 0.3 is 0 Å². The highest BCUT2D eigenvalue weighted by Gasteiger charge is 2.26. The largest absolute Gasteiger partial charge is 0.482 e. The zero-order chi connectivity index (χ0) is 11.0. The first-order chi connectivity index (χ1) is 7.86. The van der Waals surface area contributed by atoms with E-state index in [1.54, 1.807) is 0 Å². The molecule has 0 bridgehead atoms. The summed E-state index contributed by atoms with van der Waals surface area (Å²) >= 11 is 0. The summed E-state index contributed by atoms with van der Waals surface area (Å²) in [4.78, 5) is 4.28. The Balaban J connectivity index is 1.85. The van der Waals surface area contributed by atoms with E-state index in [2.05, 4.69) is 21.2 Å². The van der Waals surface area contributed by atoms with Crippen LogP contribution in [0.1, 0.15) is 23.3 Å². The standard InChI is InChI=1S/C11H12N4O/c12-6-10-13-11(15-14-10)9-5-7-3-1-2-4-8(7)16-9/h1-4,9H,5-6,12H2,(H,13,14,15). The van der Waals surface area contributed by atoms with Crippen molar-refractivity contribution in [3.8, 4) is 5.75 Å². The molecule has 2 aromatic rings. The van der Waals surface area contributed by atoms with Gasteiger partial charge in [0.05, 0.1) is 6.54 Å². The van der Waals surface area contributed by atoms with Crippen molar-refractivity contribution >= 4 is 0 Å². The van der Waals surface area contributed by atoms with Gasteiger partial charge in [-0.15, -0.1) is 0 Å². The summed E-state index contributed by atoms with van der Waals surface area (Å²) in [6, 6.07) is 8.00. The first kappa shape index (κ1) is 9.35. The number of H-pyrrole nitrogens is 1. The van der Waals surface area contributed by atoms with Gasteiger partial charge in [0.25, 0.3) is 0 Å². The van der Waals surface area contributed by atoms with Crippen molar-refractivity contribution < 1.29 is 4.74 Å². The van der Waals surface area contributed by atoms with Gasteiger partial charge in [0.15, 0.2) is 11.9 Å². The van der Waals surface area contributed by atoms with Gasteiger partial charge in [0, 0.05) is 6.42 Å². The fourth-order valence-corrected chi connectivity index (χ4v) is 1.87. The molecule has 0 fully saturated rings. The van der Waals surface area contributed by atoms with Gasteiger partial charge in [0.2, 0.25) is 0 Å². The van der Waals surface area contributed by atoms with Crippen LogP contribution in [0.5, 0.6) is 5.75 Å². The molecule has 3 rings (SSSR count). The van der Waals surface area contributed by atoms with E-state index in [1.807, 2.05) is 18.2 Å². The van der Waals surface area contributed by atoms with Gasteiger partial charge in [-0.3, -0.25) is 5.10 Å². The Morgan fingerprint density at radius 3 is 3.06 bits per heavy atom. The van der Waals surface area contributed by atoms with Crippen molar-refractivity contribution in [1.29, 1.82) is 0 Å². The second kappa shape index (κ2) is 3.61. The number of hydrogen-bond donors (Lipinski definition) is 2. The van der Waals surface area contributed by atoms with Crippen LogP contribution in [0, 0.1) is 0 Å². The van der Waals surface area contributed by atoms with E-state index in [1.165, 1.54) is 5.56 Å². The number of aromatic nitrogens is 3. The van der Waals surface area contributed by atoms with Crippen LogP contribution in [0.15, 0.2) is 24.3 Å². The number of benzene rings is 1. The van der Waals surface area contributed by atoms with Crippen LogP contribution in [0.25, 0.3) is 0 Å². The molecular formula is C11H12N4O. The van der Waals surface area contributed by atoms with Crippen LogP contribution in [-0.2, 0) is 13.0 Å². The number of nitrogens with one attached hydrogen (secondary N) is 1. The number of para-hydroxylation sites is 1. The number of ether oxygens (including phenoxy) is 1. The smallest absolute Gasteiger partial charge is 0.191 e. The molecule has 1 aliphatic heterocycles. The molecule has 1 aromatic carbocycles. The van der Waals surface area contributed by atoms with E-state index in [0.717, 1.165) is 12.2 Å². The number of fused-ring (bicyclic) bond motifs is 1. The zero-order valence-electron chi connectivity index (χ0n) is 8.68. The normalized spacial score (nSPS) is 18.2. The molecule has 16 heavy (non-hydrogen) atoms. The molecule has 1 atom stereocenters. The van der Waals surface area contributed by atoms with Crippen molar-refractivity contribution in [3.63, 3.8) is 0 Å². The lowest BCUT2D eigenvalue weighted by molar-refractivity contribution is 0.228. The monoisotopic (exact) mass is 216 g/mol. The number of hydrogen-bond acceptors (Lipinski definition) is 4. The molecule has 5 nitrogen and oxygen atoms in total. The highest BCUT2D eigenvalue weighted by Crippen LogP contribution is 2.34.